The van der Waals surface area contributed by atoms with Crippen molar-refractivity contribution in [3.63, 3.8) is 0 Å². The second kappa shape index (κ2) is 7.43. The van der Waals surface area contributed by atoms with E-state index in [1.165, 1.54) is 11.3 Å². The molecular formula is C20H22N4OS. The van der Waals surface area contributed by atoms with Crippen LogP contribution in [0.3, 0.4) is 0 Å². The maximum Gasteiger partial charge on any atom is 0.265 e. The van der Waals surface area contributed by atoms with Gasteiger partial charge in [-0.15, -0.1) is 11.3 Å². The van der Waals surface area contributed by atoms with Crippen molar-refractivity contribution in [3.05, 3.63) is 69.9 Å². The summed E-state index contributed by atoms with van der Waals surface area (Å²) in [6.07, 6.45) is 6.09. The van der Waals surface area contributed by atoms with Crippen LogP contribution in [0.1, 0.15) is 44.8 Å². The van der Waals surface area contributed by atoms with E-state index in [2.05, 4.69) is 26.3 Å². The Labute approximate surface area is 157 Å². The minimum atomic E-state index is -0.0472. The molecule has 4 rings (SSSR count). The van der Waals surface area contributed by atoms with E-state index in [0.717, 1.165) is 34.9 Å². The van der Waals surface area contributed by atoms with Gasteiger partial charge < -0.3 is 15.2 Å². The van der Waals surface area contributed by atoms with Crippen molar-refractivity contribution in [1.29, 1.82) is 0 Å². The molecule has 6 heteroatoms. The number of benzene rings is 1. The summed E-state index contributed by atoms with van der Waals surface area (Å²) in [5.74, 6) is 0.909. The van der Waals surface area contributed by atoms with Gasteiger partial charge in [0.05, 0.1) is 11.4 Å². The van der Waals surface area contributed by atoms with Gasteiger partial charge in [-0.1, -0.05) is 18.2 Å². The average molecular weight is 366 g/mol. The second-order valence-electron chi connectivity index (χ2n) is 6.56. The third-order valence-corrected chi connectivity index (χ3v) is 5.98. The minimum Gasteiger partial charge on any atom is -0.331 e. The fourth-order valence-electron chi connectivity index (χ4n) is 3.31. The fraction of sp³-hybridized carbons (Fsp3) is 0.300. The molecule has 0 spiro atoms. The number of hydrogen-bond acceptors (Lipinski definition) is 4. The predicted molar refractivity (Wildman–Crippen MR) is 105 cm³/mol. The minimum absolute atomic E-state index is 0.0472. The van der Waals surface area contributed by atoms with Crippen LogP contribution in [0.5, 0.6) is 0 Å². The van der Waals surface area contributed by atoms with Gasteiger partial charge in [-0.2, -0.15) is 0 Å². The van der Waals surface area contributed by atoms with Crippen molar-refractivity contribution in [3.8, 4) is 0 Å². The summed E-state index contributed by atoms with van der Waals surface area (Å²) in [5.41, 5.74) is 1.91. The molecule has 0 unspecified atom stereocenters. The highest BCUT2D eigenvalue weighted by atomic mass is 32.1. The maximum absolute atomic E-state index is 12.7. The van der Waals surface area contributed by atoms with Gasteiger partial charge in [0.25, 0.3) is 5.91 Å². The molecule has 0 aliphatic carbocycles. The van der Waals surface area contributed by atoms with Crippen LogP contribution in [0.25, 0.3) is 0 Å². The normalized spacial score (nSPS) is 16.7. The number of carbonyl (C=O) groups is 1. The third kappa shape index (κ3) is 3.57. The van der Waals surface area contributed by atoms with Gasteiger partial charge in [-0.3, -0.25) is 4.79 Å². The SMILES string of the molecule is Cc1nccn1Cc1ccccc1NC(=O)c1ccc([C@@H]2CCCN2)s1. The molecular weight excluding hydrogens is 344 g/mol. The van der Waals surface area contributed by atoms with Crippen LogP contribution in [-0.2, 0) is 6.54 Å². The van der Waals surface area contributed by atoms with E-state index in [9.17, 15) is 4.79 Å². The molecule has 1 aromatic carbocycles. The van der Waals surface area contributed by atoms with E-state index < -0.39 is 0 Å². The second-order valence-corrected chi connectivity index (χ2v) is 7.68. The van der Waals surface area contributed by atoms with E-state index in [-0.39, 0.29) is 5.91 Å². The van der Waals surface area contributed by atoms with E-state index in [4.69, 9.17) is 0 Å². The number of carbonyl (C=O) groups excluding carboxylic acids is 1. The number of nitrogens with one attached hydrogen (secondary N) is 2. The van der Waals surface area contributed by atoms with E-state index in [0.29, 0.717) is 12.6 Å². The summed E-state index contributed by atoms with van der Waals surface area (Å²) in [6.45, 7) is 3.72. The molecule has 134 valence electrons. The zero-order valence-corrected chi connectivity index (χ0v) is 15.6. The van der Waals surface area contributed by atoms with Gasteiger partial charge in [0.2, 0.25) is 0 Å². The Morgan fingerprint density at radius 1 is 1.35 bits per heavy atom. The molecule has 1 saturated heterocycles. The molecule has 26 heavy (non-hydrogen) atoms. The first-order chi connectivity index (χ1) is 12.7. The number of hydrogen-bond donors (Lipinski definition) is 2. The van der Waals surface area contributed by atoms with E-state index in [1.54, 1.807) is 17.5 Å². The largest absolute Gasteiger partial charge is 0.331 e. The van der Waals surface area contributed by atoms with Crippen LogP contribution >= 0.6 is 11.3 Å². The van der Waals surface area contributed by atoms with Crippen molar-refractivity contribution in [2.24, 2.45) is 0 Å². The molecule has 2 aromatic heterocycles. The quantitative estimate of drug-likeness (QED) is 0.718. The van der Waals surface area contributed by atoms with Crippen LogP contribution < -0.4 is 10.6 Å². The lowest BCUT2D eigenvalue weighted by Gasteiger charge is -2.12. The Morgan fingerprint density at radius 2 is 2.23 bits per heavy atom. The number of aryl methyl sites for hydroxylation is 1. The highest BCUT2D eigenvalue weighted by Gasteiger charge is 2.20. The summed E-state index contributed by atoms with van der Waals surface area (Å²) < 4.78 is 2.07. The lowest BCUT2D eigenvalue weighted by atomic mass is 10.1. The third-order valence-electron chi connectivity index (χ3n) is 4.78. The van der Waals surface area contributed by atoms with Crippen LogP contribution in [0.4, 0.5) is 5.69 Å². The Balaban J connectivity index is 1.50. The van der Waals surface area contributed by atoms with Crippen molar-refractivity contribution < 1.29 is 4.79 Å². The summed E-state index contributed by atoms with van der Waals surface area (Å²) in [6, 6.07) is 12.3. The van der Waals surface area contributed by atoms with Gasteiger partial charge in [0.15, 0.2) is 0 Å². The first kappa shape index (κ1) is 17.0. The molecule has 1 fully saturated rings. The highest BCUT2D eigenvalue weighted by Crippen LogP contribution is 2.30. The van der Waals surface area contributed by atoms with E-state index in [1.807, 2.05) is 43.5 Å². The molecule has 0 bridgehead atoms. The zero-order valence-electron chi connectivity index (χ0n) is 14.7. The fourth-order valence-corrected chi connectivity index (χ4v) is 4.32. The summed E-state index contributed by atoms with van der Waals surface area (Å²) in [5, 5.41) is 6.56. The number of thiophene rings is 1. The van der Waals surface area contributed by atoms with Gasteiger partial charge in [0, 0.05) is 29.0 Å². The Hall–Kier alpha value is -2.44. The van der Waals surface area contributed by atoms with Crippen LogP contribution in [-0.4, -0.2) is 22.0 Å². The van der Waals surface area contributed by atoms with Crippen molar-refractivity contribution in [2.75, 3.05) is 11.9 Å². The van der Waals surface area contributed by atoms with Crippen molar-refractivity contribution >= 4 is 22.9 Å². The van der Waals surface area contributed by atoms with Gasteiger partial charge >= 0.3 is 0 Å². The molecule has 0 saturated carbocycles. The summed E-state index contributed by atoms with van der Waals surface area (Å²) in [7, 11) is 0. The summed E-state index contributed by atoms with van der Waals surface area (Å²) in [4.78, 5) is 19.0. The van der Waals surface area contributed by atoms with Crippen molar-refractivity contribution in [2.45, 2.75) is 32.4 Å². The molecule has 2 N–H and O–H groups in total. The van der Waals surface area contributed by atoms with Crippen LogP contribution in [0.15, 0.2) is 48.8 Å². The number of nitrogens with zero attached hydrogens (tertiary/aromatic N) is 2. The number of rotatable bonds is 5. The van der Waals surface area contributed by atoms with Gasteiger partial charge in [0.1, 0.15) is 5.82 Å². The number of anilines is 1. The maximum atomic E-state index is 12.7. The molecule has 3 aromatic rings. The molecule has 1 aliphatic rings. The number of aromatic nitrogens is 2. The van der Waals surface area contributed by atoms with E-state index >= 15 is 0 Å². The van der Waals surface area contributed by atoms with Crippen molar-refractivity contribution in [1.82, 2.24) is 14.9 Å². The highest BCUT2D eigenvalue weighted by molar-refractivity contribution is 7.14. The number of imidazole rings is 1. The smallest absolute Gasteiger partial charge is 0.265 e. The summed E-state index contributed by atoms with van der Waals surface area (Å²) >= 11 is 1.58. The van der Waals surface area contributed by atoms with Crippen LogP contribution in [0.2, 0.25) is 0 Å². The lowest BCUT2D eigenvalue weighted by molar-refractivity contribution is 0.103. The average Bonchev–Trinajstić information content (AvgIpc) is 3.38. The first-order valence-corrected chi connectivity index (χ1v) is 9.72. The Morgan fingerprint density at radius 3 is 3.00 bits per heavy atom. The monoisotopic (exact) mass is 366 g/mol. The molecule has 5 nitrogen and oxygen atoms in total. The number of para-hydroxylation sites is 1. The Bertz CT molecular complexity index is 908. The number of amides is 1. The Kier molecular flexibility index (Phi) is 4.86. The zero-order chi connectivity index (χ0) is 17.9. The van der Waals surface area contributed by atoms with Gasteiger partial charge in [-0.05, 0) is 50.1 Å². The topological polar surface area (TPSA) is 59.0 Å². The lowest BCUT2D eigenvalue weighted by Crippen LogP contribution is -2.13. The molecule has 1 aliphatic heterocycles. The first-order valence-electron chi connectivity index (χ1n) is 8.91. The molecule has 1 atom stereocenters. The standard InChI is InChI=1S/C20H22N4OS/c1-14-21-11-12-24(14)13-15-5-2-3-6-16(15)23-20(25)19-9-8-18(26-19)17-7-4-10-22-17/h2-3,5-6,8-9,11-12,17,22H,4,7,10,13H2,1H3,(H,23,25)/t17-/m0/s1. The molecule has 3 heterocycles. The predicted octanol–water partition coefficient (Wildman–Crippen LogP) is 3.98. The van der Waals surface area contributed by atoms with Crippen LogP contribution in [0, 0.1) is 6.92 Å². The molecule has 1 amide bonds. The van der Waals surface area contributed by atoms with Gasteiger partial charge in [-0.25, -0.2) is 4.98 Å². The molecule has 0 radical (unpaired) electrons.